The van der Waals surface area contributed by atoms with Crippen molar-refractivity contribution in [2.24, 2.45) is 0 Å². The van der Waals surface area contributed by atoms with Gasteiger partial charge < -0.3 is 20.0 Å². The molecule has 0 unspecified atom stereocenters. The third-order valence-corrected chi connectivity index (χ3v) is 3.78. The number of furan rings is 1. The van der Waals surface area contributed by atoms with Crippen molar-refractivity contribution in [2.45, 2.75) is 18.7 Å². The Morgan fingerprint density at radius 1 is 1.45 bits per heavy atom. The molecule has 0 aromatic carbocycles. The number of hydrogen-bond donors (Lipinski definition) is 2. The van der Waals surface area contributed by atoms with E-state index in [0.717, 1.165) is 42.2 Å². The van der Waals surface area contributed by atoms with Crippen molar-refractivity contribution in [1.29, 1.82) is 0 Å². The van der Waals surface area contributed by atoms with Gasteiger partial charge in [0.05, 0.1) is 17.2 Å². The summed E-state index contributed by atoms with van der Waals surface area (Å²) >= 11 is 1.79. The van der Waals surface area contributed by atoms with Crippen LogP contribution in [0.1, 0.15) is 17.9 Å². The average Bonchev–Trinajstić information content (AvgIpc) is 2.87. The monoisotopic (exact) mass is 328 g/mol. The van der Waals surface area contributed by atoms with Gasteiger partial charge >= 0.3 is 0 Å². The minimum Gasteiger partial charge on any atom is -0.464 e. The van der Waals surface area contributed by atoms with Crippen LogP contribution in [0.25, 0.3) is 0 Å². The normalized spacial score (nSPS) is 11.7. The van der Waals surface area contributed by atoms with Crippen molar-refractivity contribution in [3.05, 3.63) is 45.8 Å². The lowest BCUT2D eigenvalue weighted by atomic mass is 10.4. The zero-order chi connectivity index (χ0) is 16.4. The molecule has 1 heterocycles. The molecule has 2 N–H and O–H groups in total. The van der Waals surface area contributed by atoms with E-state index in [0.29, 0.717) is 12.4 Å². The first-order valence-corrected chi connectivity index (χ1v) is 8.23. The van der Waals surface area contributed by atoms with E-state index in [1.54, 1.807) is 18.8 Å². The van der Waals surface area contributed by atoms with E-state index in [9.17, 15) is 10.1 Å². The molecule has 0 aliphatic rings. The second-order valence-corrected chi connectivity index (χ2v) is 6.12. The topological polar surface area (TPSA) is 83.6 Å². The predicted octanol–water partition coefficient (Wildman–Crippen LogP) is 1.85. The maximum absolute atomic E-state index is 10.4. The molecular weight excluding hydrogens is 304 g/mol. The summed E-state index contributed by atoms with van der Waals surface area (Å²) in [6.45, 7) is 1.50. The van der Waals surface area contributed by atoms with Gasteiger partial charge in [-0.25, -0.2) is 0 Å². The molecule has 0 radical (unpaired) electrons. The summed E-state index contributed by atoms with van der Waals surface area (Å²) in [5, 5.41) is 16.1. The Bertz CT molecular complexity index is 488. The summed E-state index contributed by atoms with van der Waals surface area (Å²) in [5.41, 5.74) is 0. The van der Waals surface area contributed by atoms with Crippen molar-refractivity contribution < 1.29 is 9.34 Å². The molecule has 0 saturated heterocycles. The molecule has 0 atom stereocenters. The van der Waals surface area contributed by atoms with Crippen molar-refractivity contribution >= 4 is 11.8 Å². The first-order valence-electron chi connectivity index (χ1n) is 7.08. The van der Waals surface area contributed by atoms with Crippen LogP contribution in [0.15, 0.2) is 28.6 Å². The maximum atomic E-state index is 10.4. The van der Waals surface area contributed by atoms with Crippen molar-refractivity contribution in [2.75, 3.05) is 33.4 Å². The van der Waals surface area contributed by atoms with Crippen molar-refractivity contribution in [3.63, 3.8) is 0 Å². The molecular formula is C14H24N4O3S. The fourth-order valence-corrected chi connectivity index (χ4v) is 2.62. The van der Waals surface area contributed by atoms with Crippen molar-refractivity contribution in [3.8, 4) is 0 Å². The van der Waals surface area contributed by atoms with Gasteiger partial charge in [0.25, 0.3) is 6.20 Å². The summed E-state index contributed by atoms with van der Waals surface area (Å²) in [6, 6.07) is 4.03. The summed E-state index contributed by atoms with van der Waals surface area (Å²) in [6.07, 6.45) is 1.86. The quantitative estimate of drug-likeness (QED) is 0.364. The summed E-state index contributed by atoms with van der Waals surface area (Å²) in [4.78, 5) is 12.0. The number of rotatable bonds is 11. The van der Waals surface area contributed by atoms with Crippen molar-refractivity contribution in [1.82, 2.24) is 15.5 Å². The Kier molecular flexibility index (Phi) is 8.46. The Labute approximate surface area is 135 Å². The highest BCUT2D eigenvalue weighted by Crippen LogP contribution is 2.16. The second-order valence-electron chi connectivity index (χ2n) is 5.02. The highest BCUT2D eigenvalue weighted by molar-refractivity contribution is 7.98. The number of nitrogens with one attached hydrogen (secondary N) is 2. The van der Waals surface area contributed by atoms with Crippen LogP contribution in [0.2, 0.25) is 0 Å². The van der Waals surface area contributed by atoms with Gasteiger partial charge in [0.1, 0.15) is 11.5 Å². The van der Waals surface area contributed by atoms with Gasteiger partial charge in [-0.05, 0) is 38.4 Å². The minimum atomic E-state index is -0.476. The number of hydrogen-bond acceptors (Lipinski definition) is 7. The van der Waals surface area contributed by atoms with Gasteiger partial charge in [-0.1, -0.05) is 0 Å². The molecule has 7 nitrogen and oxygen atoms in total. The molecule has 22 heavy (non-hydrogen) atoms. The average molecular weight is 328 g/mol. The van der Waals surface area contributed by atoms with E-state index >= 15 is 0 Å². The lowest BCUT2D eigenvalue weighted by molar-refractivity contribution is -0.404. The van der Waals surface area contributed by atoms with E-state index in [1.807, 2.05) is 26.2 Å². The van der Waals surface area contributed by atoms with Crippen LogP contribution in [-0.4, -0.2) is 43.3 Å². The van der Waals surface area contributed by atoms with Crippen LogP contribution >= 0.6 is 11.8 Å². The molecule has 124 valence electrons. The van der Waals surface area contributed by atoms with Gasteiger partial charge in [0, 0.05) is 13.6 Å². The van der Waals surface area contributed by atoms with Gasteiger partial charge in [0.2, 0.25) is 0 Å². The lowest BCUT2D eigenvalue weighted by Crippen LogP contribution is -2.25. The van der Waals surface area contributed by atoms with Gasteiger partial charge in [0.15, 0.2) is 5.82 Å². The molecule has 0 bridgehead atoms. The van der Waals surface area contributed by atoms with Gasteiger partial charge in [-0.15, -0.1) is 0 Å². The lowest BCUT2D eigenvalue weighted by Gasteiger charge is -2.07. The summed E-state index contributed by atoms with van der Waals surface area (Å²) in [5.74, 6) is 4.20. The molecule has 0 saturated carbocycles. The SMILES string of the molecule is CN/C(=C\[N+](=O)[O-])NCCCSCc1ccc(CN(C)C)o1. The van der Waals surface area contributed by atoms with E-state index < -0.39 is 4.92 Å². The molecule has 0 aliphatic carbocycles. The third kappa shape index (κ3) is 7.94. The molecule has 8 heteroatoms. The van der Waals surface area contributed by atoms with E-state index in [-0.39, 0.29) is 0 Å². The smallest absolute Gasteiger partial charge is 0.274 e. The van der Waals surface area contributed by atoms with E-state index in [4.69, 9.17) is 4.42 Å². The molecule has 1 aromatic rings. The number of nitro groups is 1. The van der Waals surface area contributed by atoms with Gasteiger partial charge in [-0.3, -0.25) is 10.1 Å². The Morgan fingerprint density at radius 2 is 2.18 bits per heavy atom. The first-order chi connectivity index (χ1) is 10.5. The molecule has 0 amide bonds. The fraction of sp³-hybridized carbons (Fsp3) is 0.571. The van der Waals surface area contributed by atoms with E-state index in [1.165, 1.54) is 0 Å². The van der Waals surface area contributed by atoms with Crippen LogP contribution in [0.5, 0.6) is 0 Å². The zero-order valence-corrected chi connectivity index (χ0v) is 14.1. The molecule has 0 fully saturated rings. The number of nitrogens with zero attached hydrogens (tertiary/aromatic N) is 2. The maximum Gasteiger partial charge on any atom is 0.274 e. The van der Waals surface area contributed by atoms with Gasteiger partial charge in [-0.2, -0.15) is 11.8 Å². The Morgan fingerprint density at radius 3 is 2.82 bits per heavy atom. The molecule has 1 aromatic heterocycles. The third-order valence-electron chi connectivity index (χ3n) is 2.72. The Hall–Kier alpha value is -1.67. The van der Waals surface area contributed by atoms with E-state index in [2.05, 4.69) is 15.5 Å². The Balaban J connectivity index is 2.15. The van der Waals surface area contributed by atoms with Crippen LogP contribution < -0.4 is 10.6 Å². The molecule has 0 spiro atoms. The van der Waals surface area contributed by atoms with Crippen LogP contribution in [0.4, 0.5) is 0 Å². The first kappa shape index (κ1) is 18.4. The van der Waals surface area contributed by atoms with Crippen LogP contribution in [-0.2, 0) is 12.3 Å². The standard InChI is InChI=1S/C14H24N4O3S/c1-15-14(10-18(19)20)16-7-4-8-22-11-13-6-5-12(21-13)9-17(2)3/h5-6,10,15-16H,4,7-9,11H2,1-3H3/b14-10+. The zero-order valence-electron chi connectivity index (χ0n) is 13.3. The molecule has 0 aliphatic heterocycles. The molecule has 1 rings (SSSR count). The highest BCUT2D eigenvalue weighted by atomic mass is 32.2. The van der Waals surface area contributed by atoms with Crippen LogP contribution in [0, 0.1) is 10.1 Å². The summed E-state index contributed by atoms with van der Waals surface area (Å²) in [7, 11) is 5.67. The van der Waals surface area contributed by atoms with Crippen LogP contribution in [0.3, 0.4) is 0 Å². The predicted molar refractivity (Wildman–Crippen MR) is 89.0 cm³/mol. The minimum absolute atomic E-state index is 0.425. The highest BCUT2D eigenvalue weighted by Gasteiger charge is 2.03. The largest absolute Gasteiger partial charge is 0.464 e. The second kappa shape index (κ2) is 10.1. The number of thioether (sulfide) groups is 1. The fourth-order valence-electron chi connectivity index (χ4n) is 1.77. The summed E-state index contributed by atoms with van der Waals surface area (Å²) < 4.78 is 5.73.